The highest BCUT2D eigenvalue weighted by atomic mass is 32.1. The van der Waals surface area contributed by atoms with Crippen LogP contribution >= 0.6 is 45.3 Å². The Kier molecular flexibility index (Phi) is 6.44. The lowest BCUT2D eigenvalue weighted by atomic mass is 10.00. The number of rotatable bonds is 4. The van der Waals surface area contributed by atoms with Crippen LogP contribution in [-0.4, -0.2) is 0 Å². The zero-order valence-corrected chi connectivity index (χ0v) is 29.9. The van der Waals surface area contributed by atoms with Crippen LogP contribution < -0.4 is 0 Å². The van der Waals surface area contributed by atoms with Gasteiger partial charge in [-0.25, -0.2) is 0 Å². The van der Waals surface area contributed by atoms with E-state index in [1.807, 2.05) is 45.3 Å². The predicted molar refractivity (Wildman–Crippen MR) is 225 cm³/mol. The van der Waals surface area contributed by atoms with E-state index in [4.69, 9.17) is 0 Å². The van der Waals surface area contributed by atoms with Crippen LogP contribution in [0, 0.1) is 0 Å². The first-order chi connectivity index (χ1) is 24.7. The van der Waals surface area contributed by atoms with Crippen molar-refractivity contribution in [3.05, 3.63) is 158 Å². The molecule has 11 rings (SSSR count). The molecule has 0 spiro atoms. The Morgan fingerprint density at radius 3 is 0.880 bits per heavy atom. The lowest BCUT2D eigenvalue weighted by Crippen LogP contribution is -1.80. The molecule has 4 aromatic heterocycles. The van der Waals surface area contributed by atoms with Gasteiger partial charge in [-0.1, -0.05) is 133 Å². The minimum Gasteiger partial charge on any atom is -0.134 e. The van der Waals surface area contributed by atoms with Gasteiger partial charge >= 0.3 is 0 Å². The molecular formula is C46H26S4. The summed E-state index contributed by atoms with van der Waals surface area (Å²) >= 11 is 7.79. The zero-order chi connectivity index (χ0) is 32.8. The van der Waals surface area contributed by atoms with Crippen molar-refractivity contribution in [2.24, 2.45) is 0 Å². The van der Waals surface area contributed by atoms with E-state index in [9.17, 15) is 0 Å². The van der Waals surface area contributed by atoms with Crippen molar-refractivity contribution < 1.29 is 0 Å². The smallest absolute Gasteiger partial charge is 0.0542 e. The van der Waals surface area contributed by atoms with Crippen molar-refractivity contribution in [1.82, 2.24) is 0 Å². The fraction of sp³-hybridized carbons (Fsp3) is 0. The Labute approximate surface area is 304 Å². The molecule has 0 saturated carbocycles. The van der Waals surface area contributed by atoms with Crippen molar-refractivity contribution >= 4 is 104 Å². The van der Waals surface area contributed by atoms with Gasteiger partial charge in [-0.2, -0.15) is 0 Å². The van der Waals surface area contributed by atoms with Crippen LogP contribution in [0.5, 0.6) is 0 Å². The van der Waals surface area contributed by atoms with Gasteiger partial charge in [-0.05, 0) is 68.8 Å². The Morgan fingerprint density at radius 1 is 0.220 bits per heavy atom. The van der Waals surface area contributed by atoms with Crippen molar-refractivity contribution in [1.29, 1.82) is 0 Å². The minimum absolute atomic E-state index is 1.25. The van der Waals surface area contributed by atoms with Crippen LogP contribution in [-0.2, 0) is 0 Å². The van der Waals surface area contributed by atoms with E-state index in [-0.39, 0.29) is 0 Å². The fourth-order valence-electron chi connectivity index (χ4n) is 7.34. The van der Waals surface area contributed by atoms with Crippen LogP contribution in [0.15, 0.2) is 158 Å². The third kappa shape index (κ3) is 4.53. The summed E-state index contributed by atoms with van der Waals surface area (Å²) in [5.74, 6) is 0. The quantitative estimate of drug-likeness (QED) is 0.171. The van der Waals surface area contributed by atoms with Crippen LogP contribution in [0.3, 0.4) is 0 Å². The van der Waals surface area contributed by atoms with Gasteiger partial charge in [0.15, 0.2) is 0 Å². The van der Waals surface area contributed by atoms with E-state index in [1.165, 1.54) is 104 Å². The first-order valence-electron chi connectivity index (χ1n) is 16.7. The normalized spacial score (nSPS) is 12.0. The molecular weight excluding hydrogens is 681 g/mol. The second-order valence-corrected chi connectivity index (χ2v) is 17.1. The summed E-state index contributed by atoms with van der Waals surface area (Å²) in [4.78, 5) is 0. The molecule has 0 radical (unpaired) electrons. The summed E-state index contributed by atoms with van der Waals surface area (Å²) in [7, 11) is 0. The third-order valence-electron chi connectivity index (χ3n) is 9.93. The summed E-state index contributed by atoms with van der Waals surface area (Å²) in [5.41, 5.74) is 10.1. The maximum atomic E-state index is 2.47. The van der Waals surface area contributed by atoms with Crippen molar-refractivity contribution in [2.45, 2.75) is 0 Å². The summed E-state index contributed by atoms with van der Waals surface area (Å²) < 4.78 is 11.2. The molecule has 234 valence electrons. The Hall–Kier alpha value is -5.10. The van der Waals surface area contributed by atoms with Gasteiger partial charge in [0.05, 0.1) is 18.8 Å². The molecule has 0 bridgehead atoms. The Morgan fingerprint density at radius 2 is 0.500 bits per heavy atom. The van der Waals surface area contributed by atoms with Crippen molar-refractivity contribution in [3.63, 3.8) is 0 Å². The summed E-state index contributed by atoms with van der Waals surface area (Å²) in [6.45, 7) is 0. The van der Waals surface area contributed by atoms with E-state index in [0.717, 1.165) is 0 Å². The lowest BCUT2D eigenvalue weighted by molar-refractivity contribution is 1.60. The standard InChI is InChI=1S/C46H26S4/c1-3-7-27(8-4-1)29-11-15-31(16-12-29)33-19-21-35-39(23-33)47-45-37-25-42-38(26-41(37)49-43(35)45)46-44(50-42)36-22-20-34(24-40(36)48-46)32-17-13-30(14-18-32)28-9-5-2-6-10-28/h1-26H. The molecule has 0 amide bonds. The SMILES string of the molecule is c1ccc(-c2ccc(-c3ccc4c(c3)sc3c5cc6sc7c8ccc(-c9ccc(-c%10ccccc%10)cc9)cc8sc7c6cc5sc43)cc2)cc1. The van der Waals surface area contributed by atoms with Crippen LogP contribution in [0.1, 0.15) is 0 Å². The van der Waals surface area contributed by atoms with Crippen molar-refractivity contribution in [2.75, 3.05) is 0 Å². The second-order valence-electron chi connectivity index (χ2n) is 12.9. The van der Waals surface area contributed by atoms with Gasteiger partial charge in [0.25, 0.3) is 0 Å². The van der Waals surface area contributed by atoms with Gasteiger partial charge in [-0.15, -0.1) is 45.3 Å². The highest BCUT2D eigenvalue weighted by molar-refractivity contribution is 7.38. The molecule has 0 saturated heterocycles. The zero-order valence-electron chi connectivity index (χ0n) is 26.6. The van der Waals surface area contributed by atoms with Gasteiger partial charge < -0.3 is 0 Å². The average Bonchev–Trinajstić information content (AvgIpc) is 3.92. The monoisotopic (exact) mass is 706 g/mol. The fourth-order valence-corrected chi connectivity index (χ4v) is 12.7. The van der Waals surface area contributed by atoms with E-state index in [2.05, 4.69) is 158 Å². The summed E-state index contributed by atoms with van der Waals surface area (Å²) in [6, 6.07) is 58.1. The van der Waals surface area contributed by atoms with Gasteiger partial charge in [-0.3, -0.25) is 0 Å². The number of benzene rings is 7. The number of hydrogen-bond donors (Lipinski definition) is 0. The summed E-state index contributed by atoms with van der Waals surface area (Å²) in [5, 5.41) is 5.53. The molecule has 4 heteroatoms. The average molecular weight is 707 g/mol. The highest BCUT2D eigenvalue weighted by Gasteiger charge is 2.18. The molecule has 0 nitrogen and oxygen atoms in total. The third-order valence-corrected chi connectivity index (χ3v) is 14.9. The lowest BCUT2D eigenvalue weighted by Gasteiger charge is -2.05. The van der Waals surface area contributed by atoms with Crippen LogP contribution in [0.25, 0.3) is 104 Å². The Bertz CT molecular complexity index is 2830. The van der Waals surface area contributed by atoms with E-state index < -0.39 is 0 Å². The minimum atomic E-state index is 1.25. The molecule has 0 aliphatic carbocycles. The molecule has 7 aromatic carbocycles. The maximum absolute atomic E-state index is 2.47. The first-order valence-corrected chi connectivity index (χ1v) is 20.0. The summed E-state index contributed by atoms with van der Waals surface area (Å²) in [6.07, 6.45) is 0. The predicted octanol–water partition coefficient (Wildman–Crippen LogP) is 15.5. The van der Waals surface area contributed by atoms with Crippen LogP contribution in [0.4, 0.5) is 0 Å². The molecule has 0 unspecified atom stereocenters. The molecule has 0 atom stereocenters. The van der Waals surface area contributed by atoms with Gasteiger partial charge in [0.2, 0.25) is 0 Å². The van der Waals surface area contributed by atoms with Gasteiger partial charge in [0, 0.05) is 40.3 Å². The maximum Gasteiger partial charge on any atom is 0.0542 e. The van der Waals surface area contributed by atoms with Gasteiger partial charge in [0.1, 0.15) is 0 Å². The molecule has 0 aliphatic heterocycles. The highest BCUT2D eigenvalue weighted by Crippen LogP contribution is 2.50. The topological polar surface area (TPSA) is 0 Å². The number of thiophene rings is 4. The Balaban J connectivity index is 0.952. The van der Waals surface area contributed by atoms with E-state index in [1.54, 1.807) is 0 Å². The molecule has 0 fully saturated rings. The molecule has 4 heterocycles. The first kappa shape index (κ1) is 28.7. The molecule has 11 aromatic rings. The molecule has 50 heavy (non-hydrogen) atoms. The van der Waals surface area contributed by atoms with E-state index >= 15 is 0 Å². The largest absolute Gasteiger partial charge is 0.134 e. The van der Waals surface area contributed by atoms with E-state index in [0.29, 0.717) is 0 Å². The van der Waals surface area contributed by atoms with Crippen molar-refractivity contribution in [3.8, 4) is 44.5 Å². The van der Waals surface area contributed by atoms with Crippen LogP contribution in [0.2, 0.25) is 0 Å². The molecule has 0 aliphatic rings. The number of fused-ring (bicyclic) bond motifs is 10. The molecule has 0 N–H and O–H groups in total. The number of hydrogen-bond acceptors (Lipinski definition) is 4. The second kappa shape index (κ2) is 11.2.